The number of aryl methyl sites for hydroxylation is 4. The van der Waals surface area contributed by atoms with E-state index in [4.69, 9.17) is 9.47 Å². The molecule has 4 heterocycles. The van der Waals surface area contributed by atoms with E-state index in [1.54, 1.807) is 42.8 Å². The number of rotatable bonds is 4. The van der Waals surface area contributed by atoms with Gasteiger partial charge in [0, 0.05) is 21.1 Å². The van der Waals surface area contributed by atoms with Gasteiger partial charge in [-0.1, -0.05) is 17.4 Å². The highest BCUT2D eigenvalue weighted by atomic mass is 32.1. The number of fused-ring (bicyclic) bond motifs is 4. The molecular formula is C27H24N6O5S. The zero-order valence-corrected chi connectivity index (χ0v) is 22.9. The van der Waals surface area contributed by atoms with Crippen molar-refractivity contribution in [2.45, 2.75) is 13.8 Å². The number of aromatic nitrogens is 6. The highest BCUT2D eigenvalue weighted by Crippen LogP contribution is 2.33. The summed E-state index contributed by atoms with van der Waals surface area (Å²) < 4.78 is 17.6. The molecule has 12 heteroatoms. The Morgan fingerprint density at radius 2 is 1.62 bits per heavy atom. The Morgan fingerprint density at radius 3 is 2.36 bits per heavy atom. The van der Waals surface area contributed by atoms with Crippen LogP contribution in [0.2, 0.25) is 0 Å². The van der Waals surface area contributed by atoms with Crippen LogP contribution in [0.25, 0.3) is 33.2 Å². The van der Waals surface area contributed by atoms with Gasteiger partial charge in [0.25, 0.3) is 11.1 Å². The number of benzene rings is 2. The van der Waals surface area contributed by atoms with Crippen LogP contribution in [0.5, 0.6) is 17.5 Å². The lowest BCUT2D eigenvalue weighted by Crippen LogP contribution is -2.37. The monoisotopic (exact) mass is 544 g/mol. The van der Waals surface area contributed by atoms with E-state index in [1.807, 2.05) is 26.0 Å². The fraction of sp³-hybridized carbons (Fsp3) is 0.222. The number of hydrogen-bond donors (Lipinski definition) is 0. The minimum Gasteiger partial charge on any atom is -0.493 e. The molecule has 0 aliphatic heterocycles. The fourth-order valence-corrected chi connectivity index (χ4v) is 5.60. The van der Waals surface area contributed by atoms with Crippen LogP contribution >= 0.6 is 11.3 Å². The van der Waals surface area contributed by atoms with Crippen LogP contribution in [0.1, 0.15) is 16.7 Å². The molecule has 0 bridgehead atoms. The van der Waals surface area contributed by atoms with E-state index >= 15 is 0 Å². The van der Waals surface area contributed by atoms with Gasteiger partial charge in [0.2, 0.25) is 0 Å². The summed E-state index contributed by atoms with van der Waals surface area (Å²) in [6.07, 6.45) is 1.79. The third-order valence-electron chi connectivity index (χ3n) is 6.98. The molecule has 0 saturated carbocycles. The Bertz CT molecular complexity index is 2220. The summed E-state index contributed by atoms with van der Waals surface area (Å²) >= 11 is 1.32. The van der Waals surface area contributed by atoms with Crippen molar-refractivity contribution in [1.29, 1.82) is 0 Å². The van der Waals surface area contributed by atoms with Crippen molar-refractivity contribution in [2.24, 2.45) is 21.1 Å². The summed E-state index contributed by atoms with van der Waals surface area (Å²) in [7, 11) is 6.11. The molecule has 6 aromatic rings. The number of imidazole rings is 2. The molecule has 0 fully saturated rings. The van der Waals surface area contributed by atoms with Gasteiger partial charge >= 0.3 is 11.7 Å². The zero-order chi connectivity index (χ0) is 27.7. The van der Waals surface area contributed by atoms with E-state index in [-0.39, 0.29) is 22.7 Å². The van der Waals surface area contributed by atoms with Gasteiger partial charge in [-0.15, -0.1) is 0 Å². The summed E-state index contributed by atoms with van der Waals surface area (Å²) in [6.45, 7) is 4.04. The minimum atomic E-state index is -0.480. The number of ether oxygens (including phenoxy) is 2. The second kappa shape index (κ2) is 8.67. The molecular weight excluding hydrogens is 520 g/mol. The SMILES string of the molecule is COc1cc(C=c2sc3nc4cc(C)c(C)cc4n3c2=O)ccc1Oc1nc2c(c(=O)n(C)c(=O)n2C)n1C. The second-order valence-electron chi connectivity index (χ2n) is 9.41. The predicted octanol–water partition coefficient (Wildman–Crippen LogP) is 2.16. The molecule has 198 valence electrons. The van der Waals surface area contributed by atoms with Crippen molar-refractivity contribution < 1.29 is 9.47 Å². The third kappa shape index (κ3) is 3.67. The van der Waals surface area contributed by atoms with Gasteiger partial charge in [-0.3, -0.25) is 23.3 Å². The van der Waals surface area contributed by atoms with E-state index < -0.39 is 11.2 Å². The minimum absolute atomic E-state index is 0.122. The van der Waals surface area contributed by atoms with Gasteiger partial charge in [-0.25, -0.2) is 14.2 Å². The second-order valence-corrected chi connectivity index (χ2v) is 10.4. The first-order valence-electron chi connectivity index (χ1n) is 12.0. The molecule has 0 N–H and O–H groups in total. The van der Waals surface area contributed by atoms with Crippen molar-refractivity contribution in [3.8, 4) is 17.5 Å². The molecule has 0 aliphatic rings. The molecule has 0 amide bonds. The standard InChI is InChI=1S/C27H24N6O5S/c1-13-9-16-17(10-14(13)2)33-23(34)20(39-26(33)28-16)12-15-7-8-18(19(11-15)37-6)38-25-29-22-21(30(25)3)24(35)32(5)27(36)31(22)4/h7-12H,1-6H3. The number of nitrogens with zero attached hydrogens (tertiary/aromatic N) is 6. The number of thiazole rings is 1. The highest BCUT2D eigenvalue weighted by Gasteiger charge is 2.20. The maximum absolute atomic E-state index is 13.3. The molecule has 0 saturated heterocycles. The number of hydrogen-bond acceptors (Lipinski definition) is 8. The highest BCUT2D eigenvalue weighted by molar-refractivity contribution is 7.15. The van der Waals surface area contributed by atoms with Gasteiger partial charge in [0.05, 0.1) is 22.7 Å². The lowest BCUT2D eigenvalue weighted by atomic mass is 10.1. The van der Waals surface area contributed by atoms with Gasteiger partial charge in [-0.05, 0) is 60.9 Å². The van der Waals surface area contributed by atoms with Crippen molar-refractivity contribution in [2.75, 3.05) is 7.11 Å². The molecule has 2 aromatic carbocycles. The lowest BCUT2D eigenvalue weighted by Gasteiger charge is -2.10. The maximum Gasteiger partial charge on any atom is 0.332 e. The third-order valence-corrected chi connectivity index (χ3v) is 7.94. The Morgan fingerprint density at radius 1 is 0.872 bits per heavy atom. The van der Waals surface area contributed by atoms with E-state index in [0.717, 1.165) is 32.3 Å². The Kier molecular flexibility index (Phi) is 5.47. The van der Waals surface area contributed by atoms with E-state index in [9.17, 15) is 14.4 Å². The predicted molar refractivity (Wildman–Crippen MR) is 149 cm³/mol. The summed E-state index contributed by atoms with van der Waals surface area (Å²) in [4.78, 5) is 47.9. The summed E-state index contributed by atoms with van der Waals surface area (Å²) in [6, 6.07) is 9.36. The van der Waals surface area contributed by atoms with Crippen molar-refractivity contribution in [3.05, 3.63) is 82.7 Å². The maximum atomic E-state index is 13.3. The molecule has 0 atom stereocenters. The van der Waals surface area contributed by atoms with Crippen LogP contribution in [0, 0.1) is 13.8 Å². The average Bonchev–Trinajstić information content (AvgIpc) is 3.53. The Hall–Kier alpha value is -4.71. The molecule has 0 unspecified atom stereocenters. The summed E-state index contributed by atoms with van der Waals surface area (Å²) in [5.74, 6) is 0.762. The van der Waals surface area contributed by atoms with E-state index in [2.05, 4.69) is 9.97 Å². The molecule has 0 aliphatic carbocycles. The zero-order valence-electron chi connectivity index (χ0n) is 22.1. The molecule has 4 aromatic heterocycles. The number of methoxy groups -OCH3 is 1. The van der Waals surface area contributed by atoms with Gasteiger partial charge in [-0.2, -0.15) is 4.98 Å². The van der Waals surface area contributed by atoms with Crippen molar-refractivity contribution in [1.82, 2.24) is 28.1 Å². The normalized spacial score (nSPS) is 12.3. The first-order chi connectivity index (χ1) is 18.6. The molecule has 6 rings (SSSR count). The lowest BCUT2D eigenvalue weighted by molar-refractivity contribution is 0.363. The van der Waals surface area contributed by atoms with Crippen LogP contribution in [0.4, 0.5) is 0 Å². The molecule has 39 heavy (non-hydrogen) atoms. The largest absolute Gasteiger partial charge is 0.493 e. The molecule has 0 radical (unpaired) electrons. The molecule has 11 nitrogen and oxygen atoms in total. The summed E-state index contributed by atoms with van der Waals surface area (Å²) in [5.41, 5.74) is 3.94. The van der Waals surface area contributed by atoms with E-state index in [0.29, 0.717) is 21.0 Å². The van der Waals surface area contributed by atoms with Gasteiger partial charge in [0.1, 0.15) is 0 Å². The van der Waals surface area contributed by atoms with Crippen LogP contribution in [0.3, 0.4) is 0 Å². The van der Waals surface area contributed by atoms with Gasteiger partial charge in [0.15, 0.2) is 27.6 Å². The fourth-order valence-electron chi connectivity index (χ4n) is 4.62. The summed E-state index contributed by atoms with van der Waals surface area (Å²) in [5, 5.41) is 0. The van der Waals surface area contributed by atoms with Crippen LogP contribution < -0.4 is 30.8 Å². The Balaban J connectivity index is 1.41. The van der Waals surface area contributed by atoms with Gasteiger partial charge < -0.3 is 9.47 Å². The Labute approximate surface area is 224 Å². The van der Waals surface area contributed by atoms with Crippen LogP contribution in [-0.4, -0.2) is 35.2 Å². The molecule has 0 spiro atoms. The smallest absolute Gasteiger partial charge is 0.332 e. The average molecular weight is 545 g/mol. The van der Waals surface area contributed by atoms with E-state index in [1.165, 1.54) is 34.6 Å². The quantitative estimate of drug-likeness (QED) is 0.334. The van der Waals surface area contributed by atoms with Crippen LogP contribution in [-0.2, 0) is 21.1 Å². The topological polar surface area (TPSA) is 115 Å². The van der Waals surface area contributed by atoms with Crippen molar-refractivity contribution >= 4 is 44.6 Å². The first kappa shape index (κ1) is 24.6. The first-order valence-corrected chi connectivity index (χ1v) is 12.8. The van der Waals surface area contributed by atoms with Crippen LogP contribution in [0.15, 0.2) is 44.7 Å². The van der Waals surface area contributed by atoms with Crippen molar-refractivity contribution in [3.63, 3.8) is 0 Å².